The molecule has 11 nitrogen and oxygen atoms in total. The number of rotatable bonds is 11. The van der Waals surface area contributed by atoms with Crippen molar-refractivity contribution in [3.63, 3.8) is 0 Å². The lowest BCUT2D eigenvalue weighted by Gasteiger charge is -2.06. The molecule has 0 saturated carbocycles. The Kier molecular flexibility index (Phi) is 9.04. The van der Waals surface area contributed by atoms with Gasteiger partial charge in [0.2, 0.25) is 5.95 Å². The van der Waals surface area contributed by atoms with Gasteiger partial charge in [-0.3, -0.25) is 4.72 Å². The van der Waals surface area contributed by atoms with Crippen LogP contribution >= 0.6 is 23.9 Å². The second-order valence-electron chi connectivity index (χ2n) is 9.46. The highest BCUT2D eigenvalue weighted by molar-refractivity contribution is 8.00. The van der Waals surface area contributed by atoms with E-state index in [9.17, 15) is 0 Å². The van der Waals surface area contributed by atoms with E-state index in [1.165, 1.54) is 30.2 Å². The molecule has 0 saturated heterocycles. The number of nitrogens with zero attached hydrogens (tertiary/aromatic N) is 8. The van der Waals surface area contributed by atoms with Crippen LogP contribution in [-0.2, 0) is 0 Å². The SMILES string of the molecule is Cc1cc(C)nc(NSc2ccc(N=Nc3cn(-c4ccc(SNc5ccncn5)cc4)nc3Nc3ccccc3)cc2)n1. The fraction of sp³-hybridized carbons (Fsp3) is 0.0645. The third-order valence-electron chi connectivity index (χ3n) is 6.04. The largest absolute Gasteiger partial charge is 0.337 e. The van der Waals surface area contributed by atoms with Gasteiger partial charge in [-0.25, -0.2) is 24.6 Å². The molecule has 3 aromatic heterocycles. The summed E-state index contributed by atoms with van der Waals surface area (Å²) in [7, 11) is 0. The normalized spacial score (nSPS) is 11.0. The molecule has 0 unspecified atom stereocenters. The van der Waals surface area contributed by atoms with E-state index >= 15 is 0 Å². The summed E-state index contributed by atoms with van der Waals surface area (Å²) in [6, 6.07) is 29.4. The number of benzene rings is 3. The molecule has 0 atom stereocenters. The lowest BCUT2D eigenvalue weighted by Crippen LogP contribution is -1.97. The summed E-state index contributed by atoms with van der Waals surface area (Å²) in [5.41, 5.74) is 4.94. The molecule has 6 rings (SSSR count). The minimum Gasteiger partial charge on any atom is -0.337 e. The zero-order chi connectivity index (χ0) is 30.1. The van der Waals surface area contributed by atoms with Gasteiger partial charge < -0.3 is 10.0 Å². The summed E-state index contributed by atoms with van der Waals surface area (Å²) >= 11 is 2.91. The average molecular weight is 618 g/mol. The van der Waals surface area contributed by atoms with Crippen molar-refractivity contribution in [3.8, 4) is 5.69 Å². The predicted molar refractivity (Wildman–Crippen MR) is 176 cm³/mol. The second-order valence-corrected chi connectivity index (χ2v) is 11.2. The Morgan fingerprint density at radius 2 is 1.45 bits per heavy atom. The number of azo groups is 1. The van der Waals surface area contributed by atoms with Gasteiger partial charge in [0.15, 0.2) is 5.82 Å². The van der Waals surface area contributed by atoms with Gasteiger partial charge in [0, 0.05) is 33.1 Å². The van der Waals surface area contributed by atoms with Crippen LogP contribution in [0, 0.1) is 13.8 Å². The van der Waals surface area contributed by atoms with Crippen molar-refractivity contribution >= 4 is 58.5 Å². The van der Waals surface area contributed by atoms with Crippen molar-refractivity contribution in [2.45, 2.75) is 23.6 Å². The molecule has 6 aromatic rings. The highest BCUT2D eigenvalue weighted by Crippen LogP contribution is 2.31. The van der Waals surface area contributed by atoms with Gasteiger partial charge >= 0.3 is 0 Å². The van der Waals surface area contributed by atoms with Gasteiger partial charge in [-0.1, -0.05) is 18.2 Å². The van der Waals surface area contributed by atoms with Gasteiger partial charge in [0.25, 0.3) is 0 Å². The molecule has 0 amide bonds. The van der Waals surface area contributed by atoms with Crippen molar-refractivity contribution in [3.05, 3.63) is 121 Å². The topological polar surface area (TPSA) is 130 Å². The van der Waals surface area contributed by atoms with Crippen molar-refractivity contribution in [1.29, 1.82) is 0 Å². The molecule has 3 N–H and O–H groups in total. The fourth-order valence-electron chi connectivity index (χ4n) is 4.02. The van der Waals surface area contributed by atoms with Crippen LogP contribution in [0.3, 0.4) is 0 Å². The first-order valence-corrected chi connectivity index (χ1v) is 15.2. The summed E-state index contributed by atoms with van der Waals surface area (Å²) in [4.78, 5) is 19.0. The minimum absolute atomic E-state index is 0.582. The van der Waals surface area contributed by atoms with Crippen LogP contribution in [0.2, 0.25) is 0 Å². The molecule has 0 aliphatic rings. The van der Waals surface area contributed by atoms with Crippen LogP contribution in [0.5, 0.6) is 0 Å². The number of aryl methyl sites for hydroxylation is 2. The van der Waals surface area contributed by atoms with E-state index in [1.807, 2.05) is 111 Å². The number of para-hydroxylation sites is 1. The predicted octanol–water partition coefficient (Wildman–Crippen LogP) is 8.47. The van der Waals surface area contributed by atoms with Crippen LogP contribution in [-0.4, -0.2) is 29.7 Å². The smallest absolute Gasteiger partial charge is 0.233 e. The lowest BCUT2D eigenvalue weighted by molar-refractivity contribution is 0.883. The van der Waals surface area contributed by atoms with Gasteiger partial charge in [-0.15, -0.1) is 10.2 Å². The molecule has 44 heavy (non-hydrogen) atoms. The molecule has 13 heteroatoms. The molecular weight excluding hydrogens is 591 g/mol. The van der Waals surface area contributed by atoms with Gasteiger partial charge in [0.05, 0.1) is 17.6 Å². The van der Waals surface area contributed by atoms with Crippen LogP contribution < -0.4 is 14.8 Å². The molecular formula is C31H27N11S2. The lowest BCUT2D eigenvalue weighted by atomic mass is 10.3. The average Bonchev–Trinajstić information content (AvgIpc) is 3.45. The number of nitrogens with one attached hydrogen (secondary N) is 3. The number of hydrogen-bond donors (Lipinski definition) is 3. The number of aromatic nitrogens is 6. The molecule has 0 spiro atoms. The standard InChI is InChI=1S/C31H27N11S2/c1-21-18-22(2)35-31(34-21)41-44-26-12-8-24(9-13-26)37-38-28-19-42(39-30(28)36-23-6-4-3-5-7-23)25-10-14-27(15-11-25)43-40-29-16-17-32-20-33-29/h3-20H,1-2H3,(H,36,39)(H,32,33,40)(H,34,35,41). The number of hydrogen-bond acceptors (Lipinski definition) is 12. The first-order valence-electron chi connectivity index (χ1n) is 13.6. The maximum atomic E-state index is 4.78. The van der Waals surface area contributed by atoms with Gasteiger partial charge in [-0.05, 0) is 111 Å². The molecule has 0 fully saturated rings. The Morgan fingerprint density at radius 1 is 0.750 bits per heavy atom. The maximum Gasteiger partial charge on any atom is 0.233 e. The van der Waals surface area contributed by atoms with Crippen molar-refractivity contribution < 1.29 is 0 Å². The third kappa shape index (κ3) is 7.76. The Balaban J connectivity index is 1.16. The summed E-state index contributed by atoms with van der Waals surface area (Å²) in [5, 5.41) is 17.2. The highest BCUT2D eigenvalue weighted by atomic mass is 32.2. The molecule has 3 aromatic carbocycles. The molecule has 218 valence electrons. The van der Waals surface area contributed by atoms with Crippen LogP contribution in [0.4, 0.5) is 34.6 Å². The minimum atomic E-state index is 0.582. The number of anilines is 4. The van der Waals surface area contributed by atoms with E-state index in [4.69, 9.17) is 5.10 Å². The van der Waals surface area contributed by atoms with Crippen molar-refractivity contribution in [2.24, 2.45) is 10.2 Å². The summed E-state index contributed by atoms with van der Waals surface area (Å²) in [6.45, 7) is 3.90. The third-order valence-corrected chi connectivity index (χ3v) is 7.65. The molecule has 0 bridgehead atoms. The van der Waals surface area contributed by atoms with E-state index in [1.54, 1.807) is 10.9 Å². The Bertz CT molecular complexity index is 1820. The van der Waals surface area contributed by atoms with E-state index in [0.29, 0.717) is 23.1 Å². The zero-order valence-corrected chi connectivity index (χ0v) is 25.4. The summed E-state index contributed by atoms with van der Waals surface area (Å²) < 4.78 is 8.19. The first kappa shape index (κ1) is 28.8. The van der Waals surface area contributed by atoms with Gasteiger partial charge in [-0.2, -0.15) is 5.11 Å². The molecule has 0 aliphatic carbocycles. The van der Waals surface area contributed by atoms with Crippen LogP contribution in [0.15, 0.2) is 130 Å². The van der Waals surface area contributed by atoms with E-state index in [0.717, 1.165) is 38.4 Å². The van der Waals surface area contributed by atoms with Crippen molar-refractivity contribution in [2.75, 3.05) is 14.8 Å². The Morgan fingerprint density at radius 3 is 2.16 bits per heavy atom. The van der Waals surface area contributed by atoms with Crippen molar-refractivity contribution in [1.82, 2.24) is 29.7 Å². The zero-order valence-electron chi connectivity index (χ0n) is 23.8. The Hall–Kier alpha value is -5.27. The van der Waals surface area contributed by atoms with Crippen LogP contribution in [0.1, 0.15) is 11.4 Å². The first-order chi connectivity index (χ1) is 21.6. The molecule has 0 aliphatic heterocycles. The van der Waals surface area contributed by atoms with Crippen LogP contribution in [0.25, 0.3) is 5.69 Å². The van der Waals surface area contributed by atoms with E-state index < -0.39 is 0 Å². The quantitative estimate of drug-likeness (QED) is 0.0961. The highest BCUT2D eigenvalue weighted by Gasteiger charge is 2.11. The van der Waals surface area contributed by atoms with Gasteiger partial charge in [0.1, 0.15) is 17.8 Å². The molecule has 0 radical (unpaired) electrons. The maximum absolute atomic E-state index is 4.78. The van der Waals surface area contributed by atoms with E-state index in [-0.39, 0.29) is 0 Å². The summed E-state index contributed by atoms with van der Waals surface area (Å²) in [6.07, 6.45) is 5.06. The van der Waals surface area contributed by atoms with E-state index in [2.05, 4.69) is 44.9 Å². The monoisotopic (exact) mass is 617 g/mol. The molecule has 3 heterocycles. The Labute approximate surface area is 263 Å². The second kappa shape index (κ2) is 13.8. The summed E-state index contributed by atoms with van der Waals surface area (Å²) in [5.74, 6) is 1.91. The fourth-order valence-corrected chi connectivity index (χ4v) is 5.20.